The highest BCUT2D eigenvalue weighted by atomic mass is 16.4. The van der Waals surface area contributed by atoms with Crippen LogP contribution in [0, 0.1) is 0 Å². The number of nitrogens with one attached hydrogen (secondary N) is 1. The van der Waals surface area contributed by atoms with Crippen LogP contribution in [-0.4, -0.2) is 65.0 Å². The van der Waals surface area contributed by atoms with Crippen LogP contribution in [0.15, 0.2) is 11.6 Å². The number of hydrogen-bond donors (Lipinski definition) is 2. The molecule has 0 radical (unpaired) electrons. The third-order valence-electron chi connectivity index (χ3n) is 3.42. The number of aliphatic carboxylic acids is 1. The Morgan fingerprint density at radius 2 is 2.21 bits per heavy atom. The molecule has 0 bridgehead atoms. The molecule has 7 nitrogen and oxygen atoms in total. The fourth-order valence-corrected chi connectivity index (χ4v) is 2.19. The molecule has 1 saturated heterocycles. The minimum atomic E-state index is -1.10. The van der Waals surface area contributed by atoms with Gasteiger partial charge in [-0.1, -0.05) is 11.6 Å². The first-order valence-corrected chi connectivity index (χ1v) is 6.19. The molecule has 0 saturated carbocycles. The van der Waals surface area contributed by atoms with Crippen LogP contribution in [0.4, 0.5) is 4.79 Å². The van der Waals surface area contributed by atoms with E-state index in [9.17, 15) is 14.4 Å². The fourth-order valence-electron chi connectivity index (χ4n) is 2.19. The summed E-state index contributed by atoms with van der Waals surface area (Å²) < 4.78 is 0. The van der Waals surface area contributed by atoms with Crippen LogP contribution < -0.4 is 5.32 Å². The molecule has 2 heterocycles. The van der Waals surface area contributed by atoms with E-state index in [0.717, 1.165) is 11.3 Å². The first-order chi connectivity index (χ1) is 8.99. The third-order valence-corrected chi connectivity index (χ3v) is 3.42. The second-order valence-electron chi connectivity index (χ2n) is 4.82. The maximum atomic E-state index is 12.3. The van der Waals surface area contributed by atoms with E-state index >= 15 is 0 Å². The number of urea groups is 1. The van der Waals surface area contributed by atoms with Gasteiger partial charge in [0.1, 0.15) is 12.6 Å². The average Bonchev–Trinajstić information content (AvgIpc) is 2.38. The van der Waals surface area contributed by atoms with Crippen LogP contribution in [0.2, 0.25) is 0 Å². The molecule has 0 aliphatic carbocycles. The summed E-state index contributed by atoms with van der Waals surface area (Å²) in [5, 5.41) is 11.6. The van der Waals surface area contributed by atoms with Crippen molar-refractivity contribution in [2.24, 2.45) is 0 Å². The molecule has 1 atom stereocenters. The van der Waals surface area contributed by atoms with E-state index in [1.165, 1.54) is 5.57 Å². The van der Waals surface area contributed by atoms with Gasteiger partial charge in [0, 0.05) is 19.6 Å². The van der Waals surface area contributed by atoms with E-state index in [0.29, 0.717) is 13.1 Å². The predicted molar refractivity (Wildman–Crippen MR) is 66.5 cm³/mol. The lowest BCUT2D eigenvalue weighted by Gasteiger charge is -2.37. The molecule has 19 heavy (non-hydrogen) atoms. The average molecular weight is 267 g/mol. The number of amides is 3. The molecule has 0 spiro atoms. The number of hydrogen-bond acceptors (Lipinski definition) is 3. The highest BCUT2D eigenvalue weighted by Crippen LogP contribution is 2.14. The molecule has 2 aliphatic heterocycles. The Morgan fingerprint density at radius 1 is 1.47 bits per heavy atom. The van der Waals surface area contributed by atoms with Crippen molar-refractivity contribution >= 4 is 17.9 Å². The van der Waals surface area contributed by atoms with Gasteiger partial charge >= 0.3 is 12.0 Å². The van der Waals surface area contributed by atoms with Gasteiger partial charge in [0.2, 0.25) is 5.91 Å². The van der Waals surface area contributed by atoms with E-state index in [1.807, 2.05) is 13.0 Å². The minimum absolute atomic E-state index is 0.0391. The van der Waals surface area contributed by atoms with Gasteiger partial charge in [0.05, 0.1) is 0 Å². The lowest BCUT2D eigenvalue weighted by Crippen LogP contribution is -2.62. The second kappa shape index (κ2) is 5.29. The van der Waals surface area contributed by atoms with Gasteiger partial charge in [-0.15, -0.1) is 0 Å². The molecular formula is C12H17N3O4. The van der Waals surface area contributed by atoms with Gasteiger partial charge in [0.15, 0.2) is 0 Å². The number of piperazine rings is 1. The number of rotatable bonds is 1. The van der Waals surface area contributed by atoms with Crippen molar-refractivity contribution in [2.75, 3.05) is 26.2 Å². The lowest BCUT2D eigenvalue weighted by atomic mass is 10.1. The molecular weight excluding hydrogens is 250 g/mol. The minimum Gasteiger partial charge on any atom is -0.480 e. The fraction of sp³-hybridized carbons (Fsp3) is 0.583. The van der Waals surface area contributed by atoms with Crippen LogP contribution in [0.1, 0.15) is 13.3 Å². The smallest absolute Gasteiger partial charge is 0.328 e. The number of carboxylic acid groups (broad SMARTS) is 1. The zero-order valence-electron chi connectivity index (χ0n) is 10.8. The van der Waals surface area contributed by atoms with Crippen LogP contribution in [0.3, 0.4) is 0 Å². The molecule has 1 unspecified atom stereocenters. The molecule has 2 aliphatic rings. The van der Waals surface area contributed by atoms with E-state index in [1.54, 1.807) is 4.90 Å². The standard InChI is InChI=1S/C12H17N3O4/c1-8-2-4-14(5-3-8)12(19)15-7-10(16)13-6-9(15)11(17)18/h2,9H,3-7H2,1H3,(H,13,16)(H,17,18). The Labute approximate surface area is 110 Å². The molecule has 3 amide bonds. The van der Waals surface area contributed by atoms with Gasteiger partial charge < -0.3 is 15.3 Å². The first kappa shape index (κ1) is 13.4. The van der Waals surface area contributed by atoms with Gasteiger partial charge in [-0.05, 0) is 13.3 Å². The Balaban J connectivity index is 2.10. The molecule has 2 rings (SSSR count). The van der Waals surface area contributed by atoms with Crippen LogP contribution >= 0.6 is 0 Å². The summed E-state index contributed by atoms with van der Waals surface area (Å²) in [6.07, 6.45) is 2.73. The van der Waals surface area contributed by atoms with Gasteiger partial charge in [0.25, 0.3) is 0 Å². The van der Waals surface area contributed by atoms with Crippen molar-refractivity contribution in [2.45, 2.75) is 19.4 Å². The van der Waals surface area contributed by atoms with Crippen LogP contribution in [0.25, 0.3) is 0 Å². The van der Waals surface area contributed by atoms with Crippen molar-refractivity contribution < 1.29 is 19.5 Å². The molecule has 104 valence electrons. The highest BCUT2D eigenvalue weighted by molar-refractivity contribution is 5.90. The largest absolute Gasteiger partial charge is 0.480 e. The summed E-state index contributed by atoms with van der Waals surface area (Å²) in [5.74, 6) is -1.42. The van der Waals surface area contributed by atoms with E-state index in [-0.39, 0.29) is 25.0 Å². The monoisotopic (exact) mass is 267 g/mol. The van der Waals surface area contributed by atoms with E-state index in [4.69, 9.17) is 5.11 Å². The number of carboxylic acids is 1. The van der Waals surface area contributed by atoms with Crippen LogP contribution in [-0.2, 0) is 9.59 Å². The molecule has 1 fully saturated rings. The SMILES string of the molecule is CC1=CCN(C(=O)N2CC(=O)NCC2C(=O)O)CC1. The highest BCUT2D eigenvalue weighted by Gasteiger charge is 2.37. The summed E-state index contributed by atoms with van der Waals surface area (Å²) in [5.41, 5.74) is 1.22. The zero-order valence-corrected chi connectivity index (χ0v) is 10.8. The molecule has 0 aromatic rings. The lowest BCUT2D eigenvalue weighted by molar-refractivity contribution is -0.144. The molecule has 0 aromatic carbocycles. The quantitative estimate of drug-likeness (QED) is 0.635. The number of carbonyl (C=O) groups is 3. The molecule has 2 N–H and O–H groups in total. The second-order valence-corrected chi connectivity index (χ2v) is 4.82. The van der Waals surface area contributed by atoms with Gasteiger partial charge in [-0.2, -0.15) is 0 Å². The summed E-state index contributed by atoms with van der Waals surface area (Å²) in [4.78, 5) is 37.5. The summed E-state index contributed by atoms with van der Waals surface area (Å²) >= 11 is 0. The van der Waals surface area contributed by atoms with Crippen molar-refractivity contribution in [3.05, 3.63) is 11.6 Å². The molecule has 0 aromatic heterocycles. The topological polar surface area (TPSA) is 90.0 Å². The number of nitrogens with zero attached hydrogens (tertiary/aromatic N) is 2. The Bertz CT molecular complexity index is 446. The Hall–Kier alpha value is -2.05. The van der Waals surface area contributed by atoms with Crippen molar-refractivity contribution in [3.8, 4) is 0 Å². The summed E-state index contributed by atoms with van der Waals surface area (Å²) in [7, 11) is 0. The first-order valence-electron chi connectivity index (χ1n) is 6.19. The van der Waals surface area contributed by atoms with Crippen molar-refractivity contribution in [3.63, 3.8) is 0 Å². The maximum Gasteiger partial charge on any atom is 0.328 e. The van der Waals surface area contributed by atoms with E-state index < -0.39 is 12.0 Å². The Morgan fingerprint density at radius 3 is 2.79 bits per heavy atom. The Kier molecular flexibility index (Phi) is 3.73. The van der Waals surface area contributed by atoms with Crippen LogP contribution in [0.5, 0.6) is 0 Å². The predicted octanol–water partition coefficient (Wildman–Crippen LogP) is -0.357. The zero-order chi connectivity index (χ0) is 14.0. The van der Waals surface area contributed by atoms with Gasteiger partial charge in [-0.3, -0.25) is 9.69 Å². The van der Waals surface area contributed by atoms with Crippen molar-refractivity contribution in [1.82, 2.24) is 15.1 Å². The number of carbonyl (C=O) groups excluding carboxylic acids is 2. The van der Waals surface area contributed by atoms with Crippen molar-refractivity contribution in [1.29, 1.82) is 0 Å². The third kappa shape index (κ3) is 2.86. The molecule has 7 heteroatoms. The summed E-state index contributed by atoms with van der Waals surface area (Å²) in [6, 6.07) is -1.37. The normalized spacial score (nSPS) is 23.7. The summed E-state index contributed by atoms with van der Waals surface area (Å²) in [6.45, 7) is 2.79. The van der Waals surface area contributed by atoms with E-state index in [2.05, 4.69) is 5.32 Å². The maximum absolute atomic E-state index is 12.3. The van der Waals surface area contributed by atoms with Gasteiger partial charge in [-0.25, -0.2) is 9.59 Å².